The quantitative estimate of drug-likeness (QED) is 0.765. The molecule has 2 aliphatic rings. The lowest BCUT2D eigenvalue weighted by Crippen LogP contribution is -2.42. The lowest BCUT2D eigenvalue weighted by Gasteiger charge is -2.35. The monoisotopic (exact) mass is 263 g/mol. The lowest BCUT2D eigenvalue weighted by atomic mass is 9.78. The van der Waals surface area contributed by atoms with Crippen LogP contribution in [0.15, 0.2) is 24.3 Å². The SMILES string of the molecule is Cc1c(Cl)ccc2c1N[C@@H](C(=O)O)[C@H]1CC=C[C@H]21. The Morgan fingerprint density at radius 3 is 3.00 bits per heavy atom. The van der Waals surface area contributed by atoms with E-state index >= 15 is 0 Å². The standard InChI is InChI=1S/C14H14ClNO2/c1-7-11(15)6-5-10-8-3-2-4-9(8)13(14(17)18)16-12(7)10/h2-3,5-6,8-9,13,16H,4H2,1H3,(H,17,18)/t8-,9-,13+/m0/s1. The van der Waals surface area contributed by atoms with Crippen molar-refractivity contribution < 1.29 is 9.90 Å². The average Bonchev–Trinajstić information content (AvgIpc) is 2.81. The maximum Gasteiger partial charge on any atom is 0.326 e. The Balaban J connectivity index is 2.14. The molecule has 3 nitrogen and oxygen atoms in total. The fraction of sp³-hybridized carbons (Fsp3) is 0.357. The highest BCUT2D eigenvalue weighted by molar-refractivity contribution is 6.31. The van der Waals surface area contributed by atoms with Crippen molar-refractivity contribution in [2.75, 3.05) is 5.32 Å². The number of rotatable bonds is 1. The second kappa shape index (κ2) is 4.02. The van der Waals surface area contributed by atoms with Crippen LogP contribution in [0.3, 0.4) is 0 Å². The van der Waals surface area contributed by atoms with Crippen LogP contribution in [0.1, 0.15) is 23.5 Å². The Hall–Kier alpha value is -1.48. The van der Waals surface area contributed by atoms with E-state index in [1.807, 2.05) is 19.1 Å². The van der Waals surface area contributed by atoms with E-state index in [0.717, 1.165) is 23.2 Å². The molecule has 1 aromatic carbocycles. The van der Waals surface area contributed by atoms with Crippen molar-refractivity contribution in [2.24, 2.45) is 5.92 Å². The predicted octanol–water partition coefficient (Wildman–Crippen LogP) is 3.19. The molecule has 0 amide bonds. The van der Waals surface area contributed by atoms with Crippen LogP contribution < -0.4 is 5.32 Å². The van der Waals surface area contributed by atoms with Crippen LogP contribution in [0.5, 0.6) is 0 Å². The third-order valence-electron chi connectivity index (χ3n) is 4.00. The topological polar surface area (TPSA) is 49.3 Å². The fourth-order valence-electron chi connectivity index (χ4n) is 3.03. The van der Waals surface area contributed by atoms with Gasteiger partial charge in [0, 0.05) is 22.5 Å². The van der Waals surface area contributed by atoms with Gasteiger partial charge in [-0.2, -0.15) is 0 Å². The van der Waals surface area contributed by atoms with Crippen molar-refractivity contribution in [1.82, 2.24) is 0 Å². The Morgan fingerprint density at radius 1 is 1.50 bits per heavy atom. The van der Waals surface area contributed by atoms with Gasteiger partial charge in [-0.15, -0.1) is 0 Å². The van der Waals surface area contributed by atoms with Gasteiger partial charge in [0.05, 0.1) is 0 Å². The third-order valence-corrected chi connectivity index (χ3v) is 4.41. The normalized spacial score (nSPS) is 28.4. The number of halogens is 1. The molecule has 1 aliphatic heterocycles. The molecule has 3 atom stereocenters. The molecule has 0 bridgehead atoms. The zero-order valence-electron chi connectivity index (χ0n) is 9.98. The molecule has 4 heteroatoms. The summed E-state index contributed by atoms with van der Waals surface area (Å²) in [6, 6.07) is 3.36. The van der Waals surface area contributed by atoms with Crippen molar-refractivity contribution >= 4 is 23.3 Å². The molecule has 0 saturated carbocycles. The van der Waals surface area contributed by atoms with Gasteiger partial charge in [0.25, 0.3) is 0 Å². The van der Waals surface area contributed by atoms with Crippen LogP contribution in [-0.2, 0) is 4.79 Å². The number of benzene rings is 1. The summed E-state index contributed by atoms with van der Waals surface area (Å²) < 4.78 is 0. The van der Waals surface area contributed by atoms with E-state index in [1.165, 1.54) is 0 Å². The summed E-state index contributed by atoms with van der Waals surface area (Å²) in [4.78, 5) is 11.4. The number of carbonyl (C=O) groups is 1. The van der Waals surface area contributed by atoms with E-state index in [-0.39, 0.29) is 11.8 Å². The van der Waals surface area contributed by atoms with Crippen molar-refractivity contribution in [1.29, 1.82) is 0 Å². The smallest absolute Gasteiger partial charge is 0.326 e. The van der Waals surface area contributed by atoms with Gasteiger partial charge in [-0.25, -0.2) is 4.79 Å². The summed E-state index contributed by atoms with van der Waals surface area (Å²) in [5, 5.41) is 13.2. The van der Waals surface area contributed by atoms with Crippen LogP contribution in [0.2, 0.25) is 5.02 Å². The number of hydrogen-bond acceptors (Lipinski definition) is 2. The first-order valence-electron chi connectivity index (χ1n) is 6.04. The van der Waals surface area contributed by atoms with Crippen molar-refractivity contribution in [3.05, 3.63) is 40.4 Å². The van der Waals surface area contributed by atoms with Crippen LogP contribution in [0.4, 0.5) is 5.69 Å². The summed E-state index contributed by atoms with van der Waals surface area (Å²) >= 11 is 6.11. The van der Waals surface area contributed by atoms with Crippen LogP contribution in [0, 0.1) is 12.8 Å². The molecular weight excluding hydrogens is 250 g/mol. The molecule has 1 aliphatic carbocycles. The zero-order valence-corrected chi connectivity index (χ0v) is 10.7. The predicted molar refractivity (Wildman–Crippen MR) is 71.2 cm³/mol. The molecule has 0 aromatic heterocycles. The van der Waals surface area contributed by atoms with Crippen LogP contribution >= 0.6 is 11.6 Å². The van der Waals surface area contributed by atoms with Gasteiger partial charge < -0.3 is 10.4 Å². The summed E-state index contributed by atoms with van der Waals surface area (Å²) in [5.74, 6) is -0.493. The van der Waals surface area contributed by atoms with Crippen molar-refractivity contribution in [3.63, 3.8) is 0 Å². The number of nitrogens with one attached hydrogen (secondary N) is 1. The maximum absolute atomic E-state index is 11.4. The highest BCUT2D eigenvalue weighted by Crippen LogP contribution is 2.46. The average molecular weight is 264 g/mol. The molecule has 0 unspecified atom stereocenters. The molecule has 1 aromatic rings. The summed E-state index contributed by atoms with van der Waals surface area (Å²) in [6.45, 7) is 1.92. The number of aliphatic carboxylic acids is 1. The Morgan fingerprint density at radius 2 is 2.28 bits per heavy atom. The van der Waals surface area contributed by atoms with Gasteiger partial charge in [0.2, 0.25) is 0 Å². The Kier molecular flexibility index (Phi) is 2.59. The third kappa shape index (κ3) is 1.54. The second-order valence-corrected chi connectivity index (χ2v) is 5.36. The number of fused-ring (bicyclic) bond motifs is 3. The molecule has 0 saturated heterocycles. The number of hydrogen-bond donors (Lipinski definition) is 2. The van der Waals surface area contributed by atoms with Gasteiger partial charge >= 0.3 is 5.97 Å². The molecule has 0 spiro atoms. The maximum atomic E-state index is 11.4. The second-order valence-electron chi connectivity index (χ2n) is 4.95. The lowest BCUT2D eigenvalue weighted by molar-refractivity contribution is -0.139. The van der Waals surface area contributed by atoms with E-state index in [2.05, 4.69) is 17.5 Å². The molecule has 94 valence electrons. The fourth-order valence-corrected chi connectivity index (χ4v) is 3.19. The molecule has 0 fully saturated rings. The highest BCUT2D eigenvalue weighted by Gasteiger charge is 2.41. The Labute approximate surface area is 110 Å². The van der Waals surface area contributed by atoms with Crippen molar-refractivity contribution in [2.45, 2.75) is 25.3 Å². The highest BCUT2D eigenvalue weighted by atomic mass is 35.5. The first kappa shape index (κ1) is 11.6. The van der Waals surface area contributed by atoms with E-state index in [0.29, 0.717) is 5.02 Å². The van der Waals surface area contributed by atoms with Crippen LogP contribution in [0.25, 0.3) is 0 Å². The minimum absolute atomic E-state index is 0.107. The summed E-state index contributed by atoms with van der Waals surface area (Å²) in [6.07, 6.45) is 5.01. The van der Waals surface area contributed by atoms with Gasteiger partial charge in [-0.3, -0.25) is 0 Å². The summed E-state index contributed by atoms with van der Waals surface area (Å²) in [7, 11) is 0. The molecule has 3 rings (SSSR count). The van der Waals surface area contributed by atoms with Gasteiger partial charge in [-0.1, -0.05) is 29.8 Å². The zero-order chi connectivity index (χ0) is 12.9. The van der Waals surface area contributed by atoms with E-state index in [4.69, 9.17) is 11.6 Å². The molecule has 2 N–H and O–H groups in total. The molecular formula is C14H14ClNO2. The van der Waals surface area contributed by atoms with Crippen LogP contribution in [-0.4, -0.2) is 17.1 Å². The number of allylic oxidation sites excluding steroid dienone is 2. The van der Waals surface area contributed by atoms with E-state index in [9.17, 15) is 9.90 Å². The van der Waals surface area contributed by atoms with Gasteiger partial charge in [-0.05, 0) is 30.5 Å². The summed E-state index contributed by atoms with van der Waals surface area (Å²) in [5.41, 5.74) is 2.98. The number of carboxylic acid groups (broad SMARTS) is 1. The number of anilines is 1. The first-order valence-corrected chi connectivity index (χ1v) is 6.42. The van der Waals surface area contributed by atoms with Gasteiger partial charge in [0.1, 0.15) is 6.04 Å². The van der Waals surface area contributed by atoms with E-state index in [1.54, 1.807) is 0 Å². The largest absolute Gasteiger partial charge is 0.480 e. The minimum atomic E-state index is -0.793. The van der Waals surface area contributed by atoms with E-state index < -0.39 is 12.0 Å². The number of carboxylic acids is 1. The minimum Gasteiger partial charge on any atom is -0.480 e. The molecule has 0 radical (unpaired) electrons. The first-order chi connectivity index (χ1) is 8.59. The molecule has 1 heterocycles. The molecule has 18 heavy (non-hydrogen) atoms. The van der Waals surface area contributed by atoms with Gasteiger partial charge in [0.15, 0.2) is 0 Å². The Bertz CT molecular complexity index is 553. The van der Waals surface area contributed by atoms with Crippen molar-refractivity contribution in [3.8, 4) is 0 Å².